The van der Waals surface area contributed by atoms with Gasteiger partial charge in [0.25, 0.3) is 0 Å². The average molecular weight is 260 g/mol. The van der Waals surface area contributed by atoms with Gasteiger partial charge < -0.3 is 5.32 Å². The van der Waals surface area contributed by atoms with Crippen LogP contribution in [0.4, 0.5) is 10.1 Å². The van der Waals surface area contributed by atoms with Crippen molar-refractivity contribution in [2.75, 3.05) is 23.6 Å². The summed E-state index contributed by atoms with van der Waals surface area (Å²) < 4.78 is 38.4. The van der Waals surface area contributed by atoms with Crippen LogP contribution in [0.3, 0.4) is 0 Å². The number of halogens is 1. The number of benzene rings is 1. The van der Waals surface area contributed by atoms with Crippen LogP contribution in [-0.2, 0) is 10.0 Å². The summed E-state index contributed by atoms with van der Waals surface area (Å²) in [4.78, 5) is 0. The van der Waals surface area contributed by atoms with Crippen molar-refractivity contribution >= 4 is 15.7 Å². The summed E-state index contributed by atoms with van der Waals surface area (Å²) in [6, 6.07) is 5.40. The Morgan fingerprint density at radius 1 is 1.35 bits per heavy atom. The van der Waals surface area contributed by atoms with E-state index in [1.54, 1.807) is 0 Å². The van der Waals surface area contributed by atoms with Gasteiger partial charge in [-0.15, -0.1) is 0 Å². The molecule has 0 heterocycles. The molecule has 0 aliphatic rings. The van der Waals surface area contributed by atoms with Gasteiger partial charge in [-0.1, -0.05) is 13.0 Å². The van der Waals surface area contributed by atoms with E-state index in [-0.39, 0.29) is 11.4 Å². The number of hydrogen-bond acceptors (Lipinski definition) is 3. The summed E-state index contributed by atoms with van der Waals surface area (Å²) >= 11 is 0. The highest BCUT2D eigenvalue weighted by atomic mass is 32.2. The molecule has 0 bridgehead atoms. The van der Waals surface area contributed by atoms with Crippen molar-refractivity contribution < 1.29 is 12.8 Å². The molecule has 1 rings (SSSR count). The lowest BCUT2D eigenvalue weighted by Crippen LogP contribution is -2.21. The summed E-state index contributed by atoms with van der Waals surface area (Å²) in [5.41, 5.74) is 0.258. The highest BCUT2D eigenvalue weighted by Crippen LogP contribution is 2.11. The topological polar surface area (TPSA) is 58.2 Å². The van der Waals surface area contributed by atoms with E-state index in [1.165, 1.54) is 18.2 Å². The summed E-state index contributed by atoms with van der Waals surface area (Å²) in [5.74, 6) is -0.436. The third-order valence-electron chi connectivity index (χ3n) is 2.11. The Morgan fingerprint density at radius 3 is 2.76 bits per heavy atom. The van der Waals surface area contributed by atoms with E-state index in [9.17, 15) is 12.8 Å². The molecule has 17 heavy (non-hydrogen) atoms. The molecule has 0 saturated carbocycles. The van der Waals surface area contributed by atoms with Crippen molar-refractivity contribution in [3.63, 3.8) is 0 Å². The molecule has 4 nitrogen and oxygen atoms in total. The first kappa shape index (κ1) is 13.9. The predicted octanol–water partition coefficient (Wildman–Crippen LogP) is 1.57. The van der Waals surface area contributed by atoms with Gasteiger partial charge in [0.1, 0.15) is 5.82 Å². The lowest BCUT2D eigenvalue weighted by Gasteiger charge is -2.08. The number of hydrogen-bond donors (Lipinski definition) is 2. The molecular formula is C11H17FN2O2S. The summed E-state index contributed by atoms with van der Waals surface area (Å²) in [5, 5.41) is 3.04. The minimum atomic E-state index is -3.39. The zero-order valence-electron chi connectivity index (χ0n) is 9.74. The van der Waals surface area contributed by atoms with E-state index in [1.807, 2.05) is 6.92 Å². The van der Waals surface area contributed by atoms with Gasteiger partial charge in [-0.3, -0.25) is 4.72 Å². The number of nitrogens with one attached hydrogen (secondary N) is 2. The van der Waals surface area contributed by atoms with Gasteiger partial charge >= 0.3 is 0 Å². The van der Waals surface area contributed by atoms with E-state index in [4.69, 9.17) is 0 Å². The number of anilines is 1. The van der Waals surface area contributed by atoms with Crippen molar-refractivity contribution in [3.05, 3.63) is 30.1 Å². The second-order valence-corrected chi connectivity index (χ2v) is 5.48. The van der Waals surface area contributed by atoms with Gasteiger partial charge in [0.2, 0.25) is 10.0 Å². The molecule has 0 amide bonds. The van der Waals surface area contributed by atoms with Crippen molar-refractivity contribution in [1.29, 1.82) is 0 Å². The second kappa shape index (κ2) is 6.56. The Labute approximate surface area is 101 Å². The van der Waals surface area contributed by atoms with Crippen LogP contribution in [0.1, 0.15) is 13.3 Å². The highest BCUT2D eigenvalue weighted by Gasteiger charge is 2.09. The van der Waals surface area contributed by atoms with Gasteiger partial charge in [-0.05, 0) is 37.7 Å². The zero-order chi connectivity index (χ0) is 12.7. The lowest BCUT2D eigenvalue weighted by atomic mass is 10.3. The van der Waals surface area contributed by atoms with Gasteiger partial charge in [0, 0.05) is 0 Å². The molecule has 96 valence electrons. The van der Waals surface area contributed by atoms with Gasteiger partial charge in [0.05, 0.1) is 11.4 Å². The van der Waals surface area contributed by atoms with Crippen LogP contribution in [0.5, 0.6) is 0 Å². The Morgan fingerprint density at radius 2 is 2.12 bits per heavy atom. The molecule has 0 aliphatic heterocycles. The summed E-state index contributed by atoms with van der Waals surface area (Å²) in [6.07, 6.45) is 0.526. The summed E-state index contributed by atoms with van der Waals surface area (Å²) in [6.45, 7) is 3.43. The molecule has 0 aliphatic carbocycles. The Balaban J connectivity index is 2.49. The quantitative estimate of drug-likeness (QED) is 0.732. The van der Waals surface area contributed by atoms with Crippen LogP contribution in [0.25, 0.3) is 0 Å². The second-order valence-electron chi connectivity index (χ2n) is 3.64. The third-order valence-corrected chi connectivity index (χ3v) is 3.49. The standard InChI is InChI=1S/C11H17FN2O2S/c1-2-13-7-4-8-17(15,16)14-11-6-3-5-10(12)9-11/h3,5-6,9,13-14H,2,4,7-8H2,1H3. The Kier molecular flexibility index (Phi) is 5.37. The SMILES string of the molecule is CCNCCCS(=O)(=O)Nc1cccc(F)c1. The van der Waals surface area contributed by atoms with Gasteiger partial charge in [-0.25, -0.2) is 12.8 Å². The highest BCUT2D eigenvalue weighted by molar-refractivity contribution is 7.92. The van der Waals surface area contributed by atoms with Crippen LogP contribution in [0.15, 0.2) is 24.3 Å². The third kappa shape index (κ3) is 5.65. The molecular weight excluding hydrogens is 243 g/mol. The van der Waals surface area contributed by atoms with Crippen LogP contribution in [0, 0.1) is 5.82 Å². The van der Waals surface area contributed by atoms with Crippen LogP contribution in [0.2, 0.25) is 0 Å². The molecule has 0 spiro atoms. The molecule has 0 unspecified atom stereocenters. The molecule has 0 aromatic heterocycles. The van der Waals surface area contributed by atoms with Crippen LogP contribution in [-0.4, -0.2) is 27.3 Å². The minimum absolute atomic E-state index is 0.0243. The Hall–Kier alpha value is -1.14. The van der Waals surface area contributed by atoms with E-state index in [2.05, 4.69) is 10.0 Å². The van der Waals surface area contributed by atoms with E-state index < -0.39 is 15.8 Å². The van der Waals surface area contributed by atoms with E-state index >= 15 is 0 Å². The fraction of sp³-hybridized carbons (Fsp3) is 0.455. The lowest BCUT2D eigenvalue weighted by molar-refractivity contribution is 0.595. The van der Waals surface area contributed by atoms with Crippen molar-refractivity contribution in [2.24, 2.45) is 0 Å². The van der Waals surface area contributed by atoms with Crippen molar-refractivity contribution in [1.82, 2.24) is 5.32 Å². The zero-order valence-corrected chi connectivity index (χ0v) is 10.6. The predicted molar refractivity (Wildman–Crippen MR) is 67.0 cm³/mol. The van der Waals surface area contributed by atoms with Gasteiger partial charge in [-0.2, -0.15) is 0 Å². The van der Waals surface area contributed by atoms with Crippen LogP contribution < -0.4 is 10.0 Å². The number of sulfonamides is 1. The largest absolute Gasteiger partial charge is 0.317 e. The normalized spacial score (nSPS) is 11.4. The maximum atomic E-state index is 12.8. The minimum Gasteiger partial charge on any atom is -0.317 e. The van der Waals surface area contributed by atoms with Crippen LogP contribution >= 0.6 is 0 Å². The Bertz CT molecular complexity index is 449. The average Bonchev–Trinajstić information content (AvgIpc) is 2.24. The first-order valence-electron chi connectivity index (χ1n) is 5.50. The first-order chi connectivity index (χ1) is 8.03. The molecule has 0 atom stereocenters. The summed E-state index contributed by atoms with van der Waals surface area (Å²) in [7, 11) is -3.39. The molecule has 6 heteroatoms. The van der Waals surface area contributed by atoms with E-state index in [0.717, 1.165) is 12.6 Å². The van der Waals surface area contributed by atoms with E-state index in [0.29, 0.717) is 13.0 Å². The molecule has 2 N–H and O–H groups in total. The molecule has 0 radical (unpaired) electrons. The maximum absolute atomic E-state index is 12.8. The smallest absolute Gasteiger partial charge is 0.232 e. The van der Waals surface area contributed by atoms with Crippen molar-refractivity contribution in [3.8, 4) is 0 Å². The fourth-order valence-corrected chi connectivity index (χ4v) is 2.46. The number of rotatable bonds is 7. The first-order valence-corrected chi connectivity index (χ1v) is 7.15. The van der Waals surface area contributed by atoms with Crippen molar-refractivity contribution in [2.45, 2.75) is 13.3 Å². The van der Waals surface area contributed by atoms with Gasteiger partial charge in [0.15, 0.2) is 0 Å². The fourth-order valence-electron chi connectivity index (χ4n) is 1.35. The molecule has 1 aromatic carbocycles. The molecule has 1 aromatic rings. The maximum Gasteiger partial charge on any atom is 0.232 e. The molecule has 0 saturated heterocycles. The monoisotopic (exact) mass is 260 g/mol. The molecule has 0 fully saturated rings.